The fourth-order valence-electron chi connectivity index (χ4n) is 3.27. The number of hydrogen-bond donors (Lipinski definition) is 1. The van der Waals surface area contributed by atoms with Crippen molar-refractivity contribution in [1.29, 1.82) is 0 Å². The van der Waals surface area contributed by atoms with Crippen molar-refractivity contribution in [2.24, 2.45) is 5.10 Å². The Kier molecular flexibility index (Phi) is 6.41. The fraction of sp³-hybridized carbons (Fsp3) is 0.115. The molecule has 1 amide bonds. The van der Waals surface area contributed by atoms with Crippen molar-refractivity contribution < 1.29 is 9.53 Å². The van der Waals surface area contributed by atoms with Crippen molar-refractivity contribution in [2.45, 2.75) is 13.8 Å². The standard InChI is InChI=1S/C26H24N4O2/c1-19-8-6-10-21(14-19)26-22(17-30(29-26)23-11-4-3-5-12-23)16-27-28-25(31)18-32-24-13-7-9-20(2)15-24/h3-17H,18H2,1-2H3,(H,28,31). The van der Waals surface area contributed by atoms with Gasteiger partial charge in [-0.3, -0.25) is 4.79 Å². The summed E-state index contributed by atoms with van der Waals surface area (Å²) in [5, 5.41) is 8.89. The lowest BCUT2D eigenvalue weighted by Gasteiger charge is -2.05. The van der Waals surface area contributed by atoms with Gasteiger partial charge in [-0.05, 0) is 49.7 Å². The van der Waals surface area contributed by atoms with E-state index in [4.69, 9.17) is 9.84 Å². The molecule has 1 aromatic heterocycles. The molecule has 0 aliphatic carbocycles. The third kappa shape index (κ3) is 5.29. The molecule has 4 rings (SSSR count). The van der Waals surface area contributed by atoms with Gasteiger partial charge in [-0.1, -0.05) is 54.1 Å². The van der Waals surface area contributed by atoms with Crippen LogP contribution < -0.4 is 10.2 Å². The number of carbonyl (C=O) groups is 1. The van der Waals surface area contributed by atoms with Crippen LogP contribution in [0.25, 0.3) is 16.9 Å². The van der Waals surface area contributed by atoms with E-state index < -0.39 is 0 Å². The maximum Gasteiger partial charge on any atom is 0.277 e. The predicted octanol–water partition coefficient (Wildman–Crippen LogP) is 4.69. The van der Waals surface area contributed by atoms with Gasteiger partial charge < -0.3 is 4.74 Å². The number of para-hydroxylation sites is 1. The van der Waals surface area contributed by atoms with E-state index in [9.17, 15) is 4.79 Å². The number of nitrogens with zero attached hydrogens (tertiary/aromatic N) is 3. The molecule has 0 spiro atoms. The van der Waals surface area contributed by atoms with E-state index in [-0.39, 0.29) is 12.5 Å². The Morgan fingerprint density at radius 3 is 2.50 bits per heavy atom. The third-order valence-corrected chi connectivity index (χ3v) is 4.81. The lowest BCUT2D eigenvalue weighted by atomic mass is 10.1. The molecular weight excluding hydrogens is 400 g/mol. The maximum absolute atomic E-state index is 12.1. The van der Waals surface area contributed by atoms with Crippen molar-refractivity contribution in [2.75, 3.05) is 6.61 Å². The van der Waals surface area contributed by atoms with Crippen LogP contribution in [0.4, 0.5) is 0 Å². The quantitative estimate of drug-likeness (QED) is 0.346. The average Bonchev–Trinajstić information content (AvgIpc) is 3.23. The molecule has 0 fully saturated rings. The monoisotopic (exact) mass is 424 g/mol. The molecule has 1 N–H and O–H groups in total. The minimum atomic E-state index is -0.338. The van der Waals surface area contributed by atoms with Crippen LogP contribution in [-0.2, 0) is 4.79 Å². The Hall–Kier alpha value is -4.19. The summed E-state index contributed by atoms with van der Waals surface area (Å²) < 4.78 is 7.32. The molecule has 6 heteroatoms. The van der Waals surface area contributed by atoms with E-state index >= 15 is 0 Å². The molecule has 3 aromatic carbocycles. The Morgan fingerprint density at radius 2 is 1.75 bits per heavy atom. The second kappa shape index (κ2) is 9.75. The molecule has 0 saturated carbocycles. The number of rotatable bonds is 7. The minimum Gasteiger partial charge on any atom is -0.484 e. The molecule has 0 saturated heterocycles. The largest absolute Gasteiger partial charge is 0.484 e. The summed E-state index contributed by atoms with van der Waals surface area (Å²) in [6.07, 6.45) is 3.50. The summed E-state index contributed by atoms with van der Waals surface area (Å²) in [5.41, 5.74) is 8.23. The molecule has 160 valence electrons. The van der Waals surface area contributed by atoms with Gasteiger partial charge in [0, 0.05) is 17.3 Å². The van der Waals surface area contributed by atoms with Gasteiger partial charge in [-0.15, -0.1) is 0 Å². The number of ether oxygens (including phenoxy) is 1. The van der Waals surface area contributed by atoms with Gasteiger partial charge in [0.05, 0.1) is 11.9 Å². The first-order valence-electron chi connectivity index (χ1n) is 10.3. The molecule has 0 aliphatic heterocycles. The van der Waals surface area contributed by atoms with E-state index in [1.807, 2.05) is 97.5 Å². The van der Waals surface area contributed by atoms with E-state index in [2.05, 4.69) is 16.6 Å². The number of carbonyl (C=O) groups excluding carboxylic acids is 1. The molecule has 32 heavy (non-hydrogen) atoms. The van der Waals surface area contributed by atoms with Crippen LogP contribution in [0.3, 0.4) is 0 Å². The number of aryl methyl sites for hydroxylation is 2. The minimum absolute atomic E-state index is 0.116. The normalized spacial score (nSPS) is 10.9. The highest BCUT2D eigenvalue weighted by atomic mass is 16.5. The molecular formula is C26H24N4O2. The number of amides is 1. The predicted molar refractivity (Wildman–Crippen MR) is 126 cm³/mol. The van der Waals surface area contributed by atoms with Crippen LogP contribution in [0.1, 0.15) is 16.7 Å². The van der Waals surface area contributed by atoms with Crippen LogP contribution in [0.2, 0.25) is 0 Å². The average molecular weight is 425 g/mol. The maximum atomic E-state index is 12.1. The molecule has 6 nitrogen and oxygen atoms in total. The topological polar surface area (TPSA) is 68.5 Å². The van der Waals surface area contributed by atoms with Gasteiger partial charge >= 0.3 is 0 Å². The van der Waals surface area contributed by atoms with Gasteiger partial charge in [0.15, 0.2) is 6.61 Å². The first kappa shape index (κ1) is 21.1. The van der Waals surface area contributed by atoms with E-state index in [1.165, 1.54) is 0 Å². The second-order valence-corrected chi connectivity index (χ2v) is 7.48. The Labute approximate surface area is 187 Å². The number of aromatic nitrogens is 2. The smallest absolute Gasteiger partial charge is 0.277 e. The summed E-state index contributed by atoms with van der Waals surface area (Å²) in [7, 11) is 0. The zero-order valence-electron chi connectivity index (χ0n) is 18.0. The number of benzene rings is 3. The zero-order chi connectivity index (χ0) is 22.3. The Balaban J connectivity index is 1.50. The first-order valence-corrected chi connectivity index (χ1v) is 10.3. The highest BCUT2D eigenvalue weighted by molar-refractivity contribution is 5.89. The van der Waals surface area contributed by atoms with Crippen molar-refractivity contribution in [3.8, 4) is 22.7 Å². The second-order valence-electron chi connectivity index (χ2n) is 7.48. The van der Waals surface area contributed by atoms with Crippen LogP contribution in [0.5, 0.6) is 5.75 Å². The van der Waals surface area contributed by atoms with Crippen molar-refractivity contribution in [1.82, 2.24) is 15.2 Å². The van der Waals surface area contributed by atoms with Crippen molar-refractivity contribution >= 4 is 12.1 Å². The van der Waals surface area contributed by atoms with Gasteiger partial charge in [-0.25, -0.2) is 10.1 Å². The van der Waals surface area contributed by atoms with Crippen LogP contribution in [-0.4, -0.2) is 28.5 Å². The molecule has 0 unspecified atom stereocenters. The Morgan fingerprint density at radius 1 is 1.00 bits per heavy atom. The summed E-state index contributed by atoms with van der Waals surface area (Å²) in [5.74, 6) is 0.310. The summed E-state index contributed by atoms with van der Waals surface area (Å²) in [6, 6.07) is 25.5. The molecule has 0 atom stereocenters. The van der Waals surface area contributed by atoms with E-state index in [0.29, 0.717) is 5.75 Å². The molecule has 0 radical (unpaired) electrons. The zero-order valence-corrected chi connectivity index (χ0v) is 18.0. The summed E-state index contributed by atoms with van der Waals surface area (Å²) in [4.78, 5) is 12.1. The summed E-state index contributed by atoms with van der Waals surface area (Å²) >= 11 is 0. The molecule has 0 aliphatic rings. The Bertz CT molecular complexity index is 1250. The number of nitrogens with one attached hydrogen (secondary N) is 1. The van der Waals surface area contributed by atoms with Crippen LogP contribution >= 0.6 is 0 Å². The van der Waals surface area contributed by atoms with Gasteiger partial charge in [0.2, 0.25) is 0 Å². The number of hydrogen-bond acceptors (Lipinski definition) is 4. The molecule has 0 bridgehead atoms. The fourth-order valence-corrected chi connectivity index (χ4v) is 3.27. The highest BCUT2D eigenvalue weighted by Gasteiger charge is 2.11. The van der Waals surface area contributed by atoms with Crippen molar-refractivity contribution in [3.05, 3.63) is 102 Å². The van der Waals surface area contributed by atoms with Crippen LogP contribution in [0.15, 0.2) is 90.2 Å². The summed E-state index contributed by atoms with van der Waals surface area (Å²) in [6.45, 7) is 3.90. The van der Waals surface area contributed by atoms with E-state index in [0.717, 1.165) is 33.6 Å². The van der Waals surface area contributed by atoms with Gasteiger partial charge in [-0.2, -0.15) is 10.2 Å². The lowest BCUT2D eigenvalue weighted by molar-refractivity contribution is -0.123. The van der Waals surface area contributed by atoms with Crippen molar-refractivity contribution in [3.63, 3.8) is 0 Å². The molecule has 4 aromatic rings. The van der Waals surface area contributed by atoms with Gasteiger partial charge in [0.1, 0.15) is 11.4 Å². The van der Waals surface area contributed by atoms with Gasteiger partial charge in [0.25, 0.3) is 5.91 Å². The molecule has 1 heterocycles. The van der Waals surface area contributed by atoms with Crippen LogP contribution in [0, 0.1) is 13.8 Å². The van der Waals surface area contributed by atoms with E-state index in [1.54, 1.807) is 6.21 Å². The number of hydrazone groups is 1. The first-order chi connectivity index (χ1) is 15.6. The highest BCUT2D eigenvalue weighted by Crippen LogP contribution is 2.23. The lowest BCUT2D eigenvalue weighted by Crippen LogP contribution is -2.24. The third-order valence-electron chi connectivity index (χ3n) is 4.81. The SMILES string of the molecule is Cc1cccc(OCC(=O)NN=Cc2cn(-c3ccccc3)nc2-c2cccc(C)c2)c1.